The van der Waals surface area contributed by atoms with E-state index in [1.165, 1.54) is 0 Å². The fourth-order valence-corrected chi connectivity index (χ4v) is 0. The normalized spacial score (nSPS) is 11.7. The quantitative estimate of drug-likeness (QED) is 0.449. The fraction of sp³-hybridized carbons (Fsp3) is 0. The van der Waals surface area contributed by atoms with Gasteiger partial charge in [-0.15, -0.1) is 0 Å². The second-order valence-electron chi connectivity index (χ2n) is 0.524. The molecular formula is H3O3SSbSe. The van der Waals surface area contributed by atoms with Crippen LogP contribution in [0.2, 0.25) is 0 Å². The summed E-state index contributed by atoms with van der Waals surface area (Å²) in [7, 11) is -4.07. The Morgan fingerprint density at radius 2 is 1.83 bits per heavy atom. The summed E-state index contributed by atoms with van der Waals surface area (Å²) in [6.45, 7) is 0. The van der Waals surface area contributed by atoms with E-state index >= 15 is 0 Å². The van der Waals surface area contributed by atoms with Crippen LogP contribution in [0.3, 0.4) is 0 Å². The Morgan fingerprint density at radius 3 is 1.83 bits per heavy atom. The van der Waals surface area contributed by atoms with Gasteiger partial charge in [0.1, 0.15) is 0 Å². The average molecular weight is 284 g/mol. The van der Waals surface area contributed by atoms with Gasteiger partial charge in [-0.05, 0) is 0 Å². The SMILES string of the molecule is O=S(=O)(O)[Se][SbH2]. The molecule has 0 atom stereocenters. The molecule has 1 N–H and O–H groups in total. The summed E-state index contributed by atoms with van der Waals surface area (Å²) in [5.74, 6) is 0. The predicted octanol–water partition coefficient (Wildman–Crippen LogP) is -1.96. The summed E-state index contributed by atoms with van der Waals surface area (Å²) in [5, 5.41) is 0. The van der Waals surface area contributed by atoms with Gasteiger partial charge in [0, 0.05) is 0 Å². The van der Waals surface area contributed by atoms with Crippen molar-refractivity contribution in [2.75, 3.05) is 0 Å². The zero-order chi connectivity index (χ0) is 5.21. The third-order valence-electron chi connectivity index (χ3n) is 0.122. The van der Waals surface area contributed by atoms with Gasteiger partial charge in [-0.3, -0.25) is 0 Å². The van der Waals surface area contributed by atoms with Gasteiger partial charge in [0.15, 0.2) is 0 Å². The van der Waals surface area contributed by atoms with E-state index in [-0.39, 0.29) is 0 Å². The molecule has 0 aliphatic rings. The first kappa shape index (κ1) is 7.25. The van der Waals surface area contributed by atoms with Gasteiger partial charge in [0.25, 0.3) is 0 Å². The zero-order valence-corrected chi connectivity index (χ0v) is 8.48. The first-order valence-corrected chi connectivity index (χ1v) is 12.4. The van der Waals surface area contributed by atoms with E-state index < -0.39 is 19.0 Å². The van der Waals surface area contributed by atoms with Gasteiger partial charge in [-0.25, -0.2) is 0 Å². The molecule has 0 radical (unpaired) electrons. The Bertz CT molecular complexity index is 113. The van der Waals surface area contributed by atoms with Crippen LogP contribution in [0, 0.1) is 0 Å². The van der Waals surface area contributed by atoms with Crippen LogP contribution in [0.15, 0.2) is 0 Å². The molecule has 0 saturated carbocycles. The van der Waals surface area contributed by atoms with E-state index in [1.807, 2.05) is 0 Å². The van der Waals surface area contributed by atoms with Gasteiger partial charge < -0.3 is 0 Å². The number of hydrogen-bond acceptors (Lipinski definition) is 2. The topological polar surface area (TPSA) is 54.4 Å². The Balaban J connectivity index is 3.85. The Kier molecular flexibility index (Phi) is 3.06. The minimum absolute atomic E-state index is 0.530. The van der Waals surface area contributed by atoms with E-state index in [4.69, 9.17) is 4.55 Å². The molecule has 38 valence electrons. The van der Waals surface area contributed by atoms with Gasteiger partial charge in [0.05, 0.1) is 0 Å². The summed E-state index contributed by atoms with van der Waals surface area (Å²) >= 11 is 0.628. The van der Waals surface area contributed by atoms with Crippen molar-refractivity contribution in [2.24, 2.45) is 0 Å². The molecule has 0 rings (SSSR count). The van der Waals surface area contributed by atoms with Crippen LogP contribution >= 0.6 is 0 Å². The van der Waals surface area contributed by atoms with E-state index in [2.05, 4.69) is 0 Å². The van der Waals surface area contributed by atoms with Crippen molar-refractivity contribution < 1.29 is 13.0 Å². The van der Waals surface area contributed by atoms with Crippen molar-refractivity contribution >= 4 is 39.8 Å². The molecule has 0 aromatic carbocycles. The summed E-state index contributed by atoms with van der Waals surface area (Å²) in [5.41, 5.74) is 0. The van der Waals surface area contributed by atoms with Gasteiger partial charge in [-0.2, -0.15) is 0 Å². The van der Waals surface area contributed by atoms with Crippen LogP contribution in [0.4, 0.5) is 0 Å². The Morgan fingerprint density at radius 1 is 1.67 bits per heavy atom. The average Bonchev–Trinajstić information content (AvgIpc) is 1.35. The van der Waals surface area contributed by atoms with E-state index in [9.17, 15) is 8.42 Å². The molecule has 0 fully saturated rings. The number of rotatable bonds is 1. The van der Waals surface area contributed by atoms with Crippen molar-refractivity contribution in [2.45, 2.75) is 0 Å². The molecule has 0 bridgehead atoms. The zero-order valence-electron chi connectivity index (χ0n) is 2.66. The maximum atomic E-state index is 9.62. The molecule has 0 aliphatic carbocycles. The van der Waals surface area contributed by atoms with Crippen LogP contribution in [-0.4, -0.2) is 44.2 Å². The maximum absolute atomic E-state index is 9.62. The summed E-state index contributed by atoms with van der Waals surface area (Å²) in [4.78, 5) is 0. The molecule has 0 aromatic rings. The third-order valence-corrected chi connectivity index (χ3v) is 12.7. The molecule has 0 saturated heterocycles. The van der Waals surface area contributed by atoms with Gasteiger partial charge in [0.2, 0.25) is 0 Å². The summed E-state index contributed by atoms with van der Waals surface area (Å²) < 4.78 is 27.1. The molecule has 0 amide bonds. The predicted molar refractivity (Wildman–Crippen MR) is 25.8 cm³/mol. The molecule has 6 heavy (non-hydrogen) atoms. The molecule has 0 aromatic heterocycles. The molecule has 0 aliphatic heterocycles. The van der Waals surface area contributed by atoms with E-state index in [0.29, 0.717) is 20.7 Å². The van der Waals surface area contributed by atoms with Crippen molar-refractivity contribution in [1.82, 2.24) is 0 Å². The van der Waals surface area contributed by atoms with Crippen LogP contribution in [-0.2, 0) is 8.54 Å². The molecule has 3 nitrogen and oxygen atoms in total. The van der Waals surface area contributed by atoms with E-state index in [0.717, 1.165) is 0 Å². The molecule has 0 spiro atoms. The van der Waals surface area contributed by atoms with E-state index in [1.54, 1.807) is 0 Å². The molecule has 0 heterocycles. The fourth-order valence-electron chi connectivity index (χ4n) is 0. The van der Waals surface area contributed by atoms with Crippen LogP contribution in [0.1, 0.15) is 0 Å². The molecule has 6 heteroatoms. The monoisotopic (exact) mass is 284 g/mol. The first-order chi connectivity index (χ1) is 2.56. The second kappa shape index (κ2) is 2.53. The summed E-state index contributed by atoms with van der Waals surface area (Å²) in [6.07, 6.45) is 0. The van der Waals surface area contributed by atoms with Crippen molar-refractivity contribution in [3.05, 3.63) is 0 Å². The standard InChI is InChI=1S/H2O3SSe.Sb.2H/c1-4(2,3)5;;;/h(H2,1,2,3,5);;;/q;+1;;/p-1. The minimum atomic E-state index is -3.54. The molecular weight excluding hydrogens is 281 g/mol. The Labute approximate surface area is 52.5 Å². The van der Waals surface area contributed by atoms with Crippen molar-refractivity contribution in [3.8, 4) is 0 Å². The van der Waals surface area contributed by atoms with Crippen LogP contribution in [0.25, 0.3) is 0 Å². The van der Waals surface area contributed by atoms with Crippen LogP contribution < -0.4 is 0 Å². The summed E-state index contributed by atoms with van der Waals surface area (Å²) in [6, 6.07) is 0. The second-order valence-corrected chi connectivity index (χ2v) is 14.0. The van der Waals surface area contributed by atoms with Gasteiger partial charge >= 0.3 is 52.7 Å². The molecule has 0 unspecified atom stereocenters. The first-order valence-electron chi connectivity index (χ1n) is 0.918. The van der Waals surface area contributed by atoms with Crippen molar-refractivity contribution in [1.29, 1.82) is 0 Å². The Hall–Kier alpha value is 1.25. The third kappa shape index (κ3) is 5.25. The van der Waals surface area contributed by atoms with Crippen LogP contribution in [0.5, 0.6) is 0 Å². The number of hydrogen-bond donors (Lipinski definition) is 1. The van der Waals surface area contributed by atoms with Crippen molar-refractivity contribution in [3.63, 3.8) is 0 Å². The van der Waals surface area contributed by atoms with Gasteiger partial charge in [-0.1, -0.05) is 0 Å².